The number of carbonyl (C=O) groups is 2. The molecule has 34 heavy (non-hydrogen) atoms. The zero-order valence-corrected chi connectivity index (χ0v) is 20.6. The van der Waals surface area contributed by atoms with Gasteiger partial charge in [0.25, 0.3) is 0 Å². The van der Waals surface area contributed by atoms with Crippen LogP contribution in [0, 0.1) is 0 Å². The number of nitrogens with zero attached hydrogens (tertiary/aromatic N) is 3. The van der Waals surface area contributed by atoms with Crippen LogP contribution in [0.3, 0.4) is 0 Å². The lowest BCUT2D eigenvalue weighted by Gasteiger charge is -2.22. The number of hydrogen-bond acceptors (Lipinski definition) is 6. The molecule has 0 unspecified atom stereocenters. The normalized spacial score (nSPS) is 10.6. The summed E-state index contributed by atoms with van der Waals surface area (Å²) in [5, 5.41) is 12.2. The maximum atomic E-state index is 12.8. The summed E-state index contributed by atoms with van der Waals surface area (Å²) >= 11 is 1.31. The number of nitrogens with one attached hydrogen (secondary N) is 1. The Morgan fingerprint density at radius 1 is 0.971 bits per heavy atom. The lowest BCUT2D eigenvalue weighted by Crippen LogP contribution is -2.35. The maximum absolute atomic E-state index is 12.8. The van der Waals surface area contributed by atoms with Gasteiger partial charge in [-0.25, -0.2) is 0 Å². The number of carbonyl (C=O) groups excluding carboxylic acids is 2. The van der Waals surface area contributed by atoms with Crippen LogP contribution in [-0.2, 0) is 16.0 Å². The highest BCUT2D eigenvalue weighted by Crippen LogP contribution is 2.27. The number of benzene rings is 2. The van der Waals surface area contributed by atoms with Gasteiger partial charge in [-0.3, -0.25) is 9.59 Å². The van der Waals surface area contributed by atoms with E-state index in [1.54, 1.807) is 7.11 Å². The summed E-state index contributed by atoms with van der Waals surface area (Å²) < 4.78 is 5.18. The van der Waals surface area contributed by atoms with Crippen molar-refractivity contribution in [2.45, 2.75) is 45.4 Å². The molecule has 1 aromatic heterocycles. The highest BCUT2D eigenvalue weighted by Gasteiger charge is 2.16. The predicted octanol–water partition coefficient (Wildman–Crippen LogP) is 5.19. The molecule has 2 amide bonds. The molecule has 3 rings (SSSR count). The molecule has 0 saturated heterocycles. The van der Waals surface area contributed by atoms with Crippen LogP contribution >= 0.6 is 11.3 Å². The summed E-state index contributed by atoms with van der Waals surface area (Å²) in [4.78, 5) is 27.2. The van der Waals surface area contributed by atoms with E-state index in [1.807, 2.05) is 47.4 Å². The lowest BCUT2D eigenvalue weighted by molar-refractivity contribution is -0.131. The van der Waals surface area contributed by atoms with Gasteiger partial charge in [-0.05, 0) is 42.7 Å². The number of amides is 2. The summed E-state index contributed by atoms with van der Waals surface area (Å²) in [7, 11) is 1.62. The highest BCUT2D eigenvalue weighted by atomic mass is 32.1. The molecule has 7 nitrogen and oxygen atoms in total. The molecule has 0 radical (unpaired) electrons. The standard InChI is InChI=1S/C26H32N4O3S/c1-3-4-6-11-24(32)30(18-16-20-9-7-5-8-10-20)19-17-23(31)27-26-29-28-25(34-26)21-12-14-22(33-2)15-13-21/h5,7-10,12-15H,3-4,6,11,16-19H2,1-2H3,(H,27,29,31). The molecular weight excluding hydrogens is 448 g/mol. The topological polar surface area (TPSA) is 84.4 Å². The second-order valence-electron chi connectivity index (χ2n) is 8.01. The van der Waals surface area contributed by atoms with Crippen LogP contribution in [-0.4, -0.2) is 47.1 Å². The van der Waals surface area contributed by atoms with E-state index in [2.05, 4.69) is 34.6 Å². The Balaban J connectivity index is 1.54. The van der Waals surface area contributed by atoms with Crippen molar-refractivity contribution in [1.29, 1.82) is 0 Å². The number of unbranched alkanes of at least 4 members (excludes halogenated alkanes) is 2. The summed E-state index contributed by atoms with van der Waals surface area (Å²) in [6.45, 7) is 3.10. The van der Waals surface area contributed by atoms with Gasteiger partial charge in [0, 0.05) is 31.5 Å². The Labute approximate surface area is 205 Å². The molecule has 3 aromatic rings. The first kappa shape index (κ1) is 25.4. The first-order chi connectivity index (χ1) is 16.6. The molecule has 1 N–H and O–H groups in total. The zero-order chi connectivity index (χ0) is 24.2. The van der Waals surface area contributed by atoms with E-state index in [1.165, 1.54) is 16.9 Å². The molecule has 0 aliphatic rings. The molecule has 0 spiro atoms. The van der Waals surface area contributed by atoms with E-state index in [-0.39, 0.29) is 18.2 Å². The van der Waals surface area contributed by atoms with Crippen LogP contribution in [0.25, 0.3) is 10.6 Å². The van der Waals surface area contributed by atoms with E-state index in [0.29, 0.717) is 29.6 Å². The van der Waals surface area contributed by atoms with Crippen molar-refractivity contribution in [3.05, 3.63) is 60.2 Å². The maximum Gasteiger partial charge on any atom is 0.227 e. The fourth-order valence-corrected chi connectivity index (χ4v) is 4.26. The first-order valence-corrected chi connectivity index (χ1v) is 12.5. The van der Waals surface area contributed by atoms with Gasteiger partial charge < -0.3 is 15.0 Å². The fraction of sp³-hybridized carbons (Fsp3) is 0.385. The van der Waals surface area contributed by atoms with Crippen LogP contribution in [0.2, 0.25) is 0 Å². The van der Waals surface area contributed by atoms with Gasteiger partial charge in [0.05, 0.1) is 7.11 Å². The quantitative estimate of drug-likeness (QED) is 0.340. The molecule has 0 saturated carbocycles. The molecule has 1 heterocycles. The van der Waals surface area contributed by atoms with Gasteiger partial charge in [-0.15, -0.1) is 10.2 Å². The van der Waals surface area contributed by atoms with Crippen LogP contribution < -0.4 is 10.1 Å². The number of methoxy groups -OCH3 is 1. The second-order valence-corrected chi connectivity index (χ2v) is 8.99. The second kappa shape index (κ2) is 13.4. The molecule has 8 heteroatoms. The monoisotopic (exact) mass is 480 g/mol. The van der Waals surface area contributed by atoms with E-state index < -0.39 is 0 Å². The minimum atomic E-state index is -0.177. The van der Waals surface area contributed by atoms with Crippen molar-refractivity contribution in [3.63, 3.8) is 0 Å². The third-order valence-corrected chi connectivity index (χ3v) is 6.36. The van der Waals surface area contributed by atoms with Crippen molar-refractivity contribution >= 4 is 28.3 Å². The van der Waals surface area contributed by atoms with Crippen molar-refractivity contribution in [2.75, 3.05) is 25.5 Å². The van der Waals surface area contributed by atoms with Crippen LogP contribution in [0.15, 0.2) is 54.6 Å². The minimum absolute atomic E-state index is 0.106. The number of hydrogen-bond donors (Lipinski definition) is 1. The Bertz CT molecular complexity index is 1040. The molecule has 0 bridgehead atoms. The Morgan fingerprint density at radius 3 is 2.44 bits per heavy atom. The number of anilines is 1. The van der Waals surface area contributed by atoms with Crippen LogP contribution in [0.4, 0.5) is 5.13 Å². The van der Waals surface area contributed by atoms with Gasteiger partial charge in [-0.1, -0.05) is 61.4 Å². The Morgan fingerprint density at radius 2 is 1.74 bits per heavy atom. The van der Waals surface area contributed by atoms with E-state index in [0.717, 1.165) is 37.0 Å². The third-order valence-electron chi connectivity index (χ3n) is 5.48. The van der Waals surface area contributed by atoms with Gasteiger partial charge in [0.1, 0.15) is 10.8 Å². The SMILES string of the molecule is CCCCCC(=O)N(CCC(=O)Nc1nnc(-c2ccc(OC)cc2)s1)CCc1ccccc1. The summed E-state index contributed by atoms with van der Waals surface area (Å²) in [6, 6.07) is 17.6. The summed E-state index contributed by atoms with van der Waals surface area (Å²) in [5.41, 5.74) is 2.08. The number of rotatable bonds is 13. The smallest absolute Gasteiger partial charge is 0.227 e. The molecular formula is C26H32N4O3S. The largest absolute Gasteiger partial charge is 0.497 e. The molecule has 0 aliphatic carbocycles. The fourth-order valence-electron chi connectivity index (χ4n) is 3.50. The van der Waals surface area contributed by atoms with Gasteiger partial charge in [0.15, 0.2) is 0 Å². The highest BCUT2D eigenvalue weighted by molar-refractivity contribution is 7.18. The predicted molar refractivity (Wildman–Crippen MR) is 136 cm³/mol. The molecule has 0 aliphatic heterocycles. The van der Waals surface area contributed by atoms with Crippen molar-refractivity contribution in [1.82, 2.24) is 15.1 Å². The average Bonchev–Trinajstić information content (AvgIpc) is 3.33. The van der Waals surface area contributed by atoms with E-state index in [9.17, 15) is 9.59 Å². The van der Waals surface area contributed by atoms with Crippen molar-refractivity contribution in [2.24, 2.45) is 0 Å². The zero-order valence-electron chi connectivity index (χ0n) is 19.8. The number of ether oxygens (including phenoxy) is 1. The molecule has 0 atom stereocenters. The minimum Gasteiger partial charge on any atom is -0.497 e. The average molecular weight is 481 g/mol. The Hall–Kier alpha value is -3.26. The van der Waals surface area contributed by atoms with Crippen LogP contribution in [0.1, 0.15) is 44.6 Å². The van der Waals surface area contributed by atoms with Gasteiger partial charge in [-0.2, -0.15) is 0 Å². The van der Waals surface area contributed by atoms with Crippen molar-refractivity contribution < 1.29 is 14.3 Å². The molecule has 0 fully saturated rings. The molecule has 2 aromatic carbocycles. The summed E-state index contributed by atoms with van der Waals surface area (Å²) in [5.74, 6) is 0.696. The number of aromatic nitrogens is 2. The first-order valence-electron chi connectivity index (χ1n) is 11.7. The van der Waals surface area contributed by atoms with E-state index >= 15 is 0 Å². The van der Waals surface area contributed by atoms with Gasteiger partial charge in [0.2, 0.25) is 16.9 Å². The lowest BCUT2D eigenvalue weighted by atomic mass is 10.1. The van der Waals surface area contributed by atoms with Crippen molar-refractivity contribution in [3.8, 4) is 16.3 Å². The van der Waals surface area contributed by atoms with Crippen LogP contribution in [0.5, 0.6) is 5.75 Å². The molecule has 180 valence electrons. The van der Waals surface area contributed by atoms with E-state index in [4.69, 9.17) is 4.74 Å². The van der Waals surface area contributed by atoms with Gasteiger partial charge >= 0.3 is 0 Å². The Kier molecular flexibility index (Phi) is 10.0. The third kappa shape index (κ3) is 7.95. The summed E-state index contributed by atoms with van der Waals surface area (Å²) in [6.07, 6.45) is 4.48.